The molecule has 1 aromatic rings. The molecule has 0 saturated carbocycles. The van der Waals surface area contributed by atoms with Gasteiger partial charge in [-0.3, -0.25) is 0 Å². The highest BCUT2D eigenvalue weighted by Crippen LogP contribution is 2.24. The van der Waals surface area contributed by atoms with Crippen LogP contribution in [0.15, 0.2) is 24.3 Å². The van der Waals surface area contributed by atoms with Crippen LogP contribution in [0.1, 0.15) is 38.3 Å². The van der Waals surface area contributed by atoms with E-state index >= 15 is 0 Å². The van der Waals surface area contributed by atoms with E-state index in [1.165, 1.54) is 0 Å². The minimum absolute atomic E-state index is 0.206. The van der Waals surface area contributed by atoms with Gasteiger partial charge in [-0.1, -0.05) is 25.5 Å². The summed E-state index contributed by atoms with van der Waals surface area (Å²) in [5.41, 5.74) is 0.959. The van der Waals surface area contributed by atoms with Crippen molar-refractivity contribution in [2.75, 3.05) is 19.9 Å². The average Bonchev–Trinajstić information content (AvgIpc) is 2.46. The summed E-state index contributed by atoms with van der Waals surface area (Å²) in [6.45, 7) is 3.77. The molecule has 1 rings (SSSR count). The van der Waals surface area contributed by atoms with Gasteiger partial charge >= 0.3 is 0 Å². The van der Waals surface area contributed by atoms with Gasteiger partial charge in [0.1, 0.15) is 5.75 Å². The van der Waals surface area contributed by atoms with Crippen LogP contribution in [0.25, 0.3) is 0 Å². The molecule has 1 aromatic carbocycles. The highest BCUT2D eigenvalue weighted by Gasteiger charge is 2.29. The fraction of sp³-hybridized carbons (Fsp3) is 0.600. The predicted molar refractivity (Wildman–Crippen MR) is 83.0 cm³/mol. The summed E-state index contributed by atoms with van der Waals surface area (Å²) in [4.78, 5) is 0. The molecule has 2 unspecified atom stereocenters. The molecule has 0 spiro atoms. The summed E-state index contributed by atoms with van der Waals surface area (Å²) in [6, 6.07) is 7.32. The van der Waals surface area contributed by atoms with Gasteiger partial charge in [-0.15, -0.1) is 0 Å². The first-order valence-electron chi connectivity index (χ1n) is 6.99. The highest BCUT2D eigenvalue weighted by molar-refractivity contribution is 7.92. The number of methoxy groups -OCH3 is 1. The first kappa shape index (κ1) is 17.0. The Morgan fingerprint density at radius 3 is 2.30 bits per heavy atom. The van der Waals surface area contributed by atoms with Gasteiger partial charge in [-0.2, -0.15) is 0 Å². The van der Waals surface area contributed by atoms with Crippen LogP contribution in [0.5, 0.6) is 5.75 Å². The third-order valence-corrected chi connectivity index (χ3v) is 5.87. The minimum Gasteiger partial charge on any atom is -0.497 e. The molecule has 4 nitrogen and oxygen atoms in total. The van der Waals surface area contributed by atoms with Gasteiger partial charge in [0.05, 0.1) is 18.1 Å². The molecule has 0 aliphatic carbocycles. The van der Waals surface area contributed by atoms with E-state index in [-0.39, 0.29) is 11.8 Å². The molecular weight excluding hydrogens is 274 g/mol. The maximum absolute atomic E-state index is 12.3. The monoisotopic (exact) mass is 299 g/mol. The number of benzene rings is 1. The van der Waals surface area contributed by atoms with Crippen molar-refractivity contribution < 1.29 is 13.2 Å². The van der Waals surface area contributed by atoms with E-state index in [1.54, 1.807) is 21.1 Å². The summed E-state index contributed by atoms with van der Waals surface area (Å²) < 4.78 is 29.8. The average molecular weight is 299 g/mol. The molecule has 20 heavy (non-hydrogen) atoms. The maximum Gasteiger partial charge on any atom is 0.154 e. The van der Waals surface area contributed by atoms with Crippen LogP contribution in [0.2, 0.25) is 0 Å². The lowest BCUT2D eigenvalue weighted by molar-refractivity contribution is 0.414. The second kappa shape index (κ2) is 7.64. The number of nitrogens with one attached hydrogen (secondary N) is 1. The number of rotatable bonds is 8. The molecule has 0 aromatic heterocycles. The van der Waals surface area contributed by atoms with Crippen molar-refractivity contribution in [2.45, 2.75) is 38.0 Å². The zero-order valence-electron chi connectivity index (χ0n) is 12.7. The van der Waals surface area contributed by atoms with Gasteiger partial charge in [0.15, 0.2) is 9.84 Å². The van der Waals surface area contributed by atoms with Crippen LogP contribution >= 0.6 is 0 Å². The Hall–Kier alpha value is -1.07. The molecule has 114 valence electrons. The van der Waals surface area contributed by atoms with Gasteiger partial charge in [-0.05, 0) is 38.1 Å². The Kier molecular flexibility index (Phi) is 6.49. The Labute approximate surface area is 122 Å². The van der Waals surface area contributed by atoms with E-state index in [0.29, 0.717) is 6.42 Å². The highest BCUT2D eigenvalue weighted by atomic mass is 32.2. The van der Waals surface area contributed by atoms with Crippen LogP contribution in [0.4, 0.5) is 0 Å². The molecule has 0 amide bonds. The predicted octanol–water partition coefficient (Wildman–Crippen LogP) is 2.56. The number of hydrogen-bond acceptors (Lipinski definition) is 4. The van der Waals surface area contributed by atoms with E-state index in [1.807, 2.05) is 31.2 Å². The molecule has 0 heterocycles. The van der Waals surface area contributed by atoms with E-state index < -0.39 is 15.1 Å². The quantitative estimate of drug-likeness (QED) is 0.801. The zero-order valence-corrected chi connectivity index (χ0v) is 13.5. The number of hydrogen-bond donors (Lipinski definition) is 1. The van der Waals surface area contributed by atoms with Crippen molar-refractivity contribution in [3.63, 3.8) is 0 Å². The van der Waals surface area contributed by atoms with Crippen LogP contribution in [-0.4, -0.2) is 33.6 Å². The standard InChI is InChI=1S/C15H25NO3S/c1-5-6-11-20(17,18)12(2)15(16-3)13-7-9-14(19-4)10-8-13/h7-10,12,15-16H,5-6,11H2,1-4H3. The third kappa shape index (κ3) is 4.21. The van der Waals surface area contributed by atoms with Crippen LogP contribution in [0, 0.1) is 0 Å². The van der Waals surface area contributed by atoms with Crippen LogP contribution in [0.3, 0.4) is 0 Å². The molecule has 0 aliphatic rings. The Morgan fingerprint density at radius 1 is 1.25 bits per heavy atom. The first-order chi connectivity index (χ1) is 9.46. The Balaban J connectivity index is 2.93. The van der Waals surface area contributed by atoms with Crippen molar-refractivity contribution in [1.82, 2.24) is 5.32 Å². The number of unbranched alkanes of at least 4 members (excludes halogenated alkanes) is 1. The topological polar surface area (TPSA) is 55.4 Å². The Bertz CT molecular complexity index is 496. The SMILES string of the molecule is CCCCS(=O)(=O)C(C)C(NC)c1ccc(OC)cc1. The van der Waals surface area contributed by atoms with E-state index in [0.717, 1.165) is 17.7 Å². The van der Waals surface area contributed by atoms with Crippen molar-refractivity contribution in [1.29, 1.82) is 0 Å². The summed E-state index contributed by atoms with van der Waals surface area (Å²) in [5, 5.41) is 2.67. The van der Waals surface area contributed by atoms with Gasteiger partial charge < -0.3 is 10.1 Å². The van der Waals surface area contributed by atoms with Crippen molar-refractivity contribution >= 4 is 9.84 Å². The number of sulfone groups is 1. The molecule has 0 radical (unpaired) electrons. The maximum atomic E-state index is 12.3. The molecule has 0 bridgehead atoms. The second-order valence-electron chi connectivity index (χ2n) is 4.97. The fourth-order valence-corrected chi connectivity index (χ4v) is 3.99. The van der Waals surface area contributed by atoms with Crippen molar-refractivity contribution in [3.8, 4) is 5.75 Å². The van der Waals surface area contributed by atoms with Gasteiger partial charge in [0.25, 0.3) is 0 Å². The molecule has 0 saturated heterocycles. The summed E-state index contributed by atoms with van der Waals surface area (Å²) in [5.74, 6) is 1.02. The molecule has 2 atom stereocenters. The second-order valence-corrected chi connectivity index (χ2v) is 7.44. The molecule has 0 fully saturated rings. The lowest BCUT2D eigenvalue weighted by atomic mass is 10.0. The minimum atomic E-state index is -3.09. The van der Waals surface area contributed by atoms with Crippen LogP contribution in [-0.2, 0) is 9.84 Å². The summed E-state index contributed by atoms with van der Waals surface area (Å²) in [7, 11) is 0.315. The molecule has 0 aliphatic heterocycles. The van der Waals surface area contributed by atoms with Crippen molar-refractivity contribution in [2.24, 2.45) is 0 Å². The lowest BCUT2D eigenvalue weighted by Crippen LogP contribution is -2.34. The summed E-state index contributed by atoms with van der Waals surface area (Å²) in [6.07, 6.45) is 1.60. The largest absolute Gasteiger partial charge is 0.497 e. The van der Waals surface area contributed by atoms with E-state index in [4.69, 9.17) is 4.74 Å². The Morgan fingerprint density at radius 2 is 1.85 bits per heavy atom. The zero-order chi connectivity index (χ0) is 15.2. The fourth-order valence-electron chi connectivity index (χ4n) is 2.22. The number of ether oxygens (including phenoxy) is 1. The van der Waals surface area contributed by atoms with E-state index in [9.17, 15) is 8.42 Å². The molecular formula is C15H25NO3S. The van der Waals surface area contributed by atoms with E-state index in [2.05, 4.69) is 5.32 Å². The van der Waals surface area contributed by atoms with Crippen molar-refractivity contribution in [3.05, 3.63) is 29.8 Å². The normalized spacial score (nSPS) is 14.8. The lowest BCUT2D eigenvalue weighted by Gasteiger charge is -2.24. The first-order valence-corrected chi connectivity index (χ1v) is 8.70. The van der Waals surface area contributed by atoms with Gasteiger partial charge in [-0.25, -0.2) is 8.42 Å². The van der Waals surface area contributed by atoms with Crippen LogP contribution < -0.4 is 10.1 Å². The van der Waals surface area contributed by atoms with Gasteiger partial charge in [0, 0.05) is 6.04 Å². The molecule has 1 N–H and O–H groups in total. The third-order valence-electron chi connectivity index (χ3n) is 3.60. The molecule has 5 heteroatoms. The van der Waals surface area contributed by atoms with Gasteiger partial charge in [0.2, 0.25) is 0 Å². The summed E-state index contributed by atoms with van der Waals surface area (Å²) >= 11 is 0. The smallest absolute Gasteiger partial charge is 0.154 e.